The Morgan fingerprint density at radius 2 is 1.75 bits per heavy atom. The molecule has 2 nitrogen and oxygen atoms in total. The molecular weight excluding hydrogens is 244 g/mol. The fourth-order valence-corrected chi connectivity index (χ4v) is 4.45. The molecule has 118 valence electrons. The van der Waals surface area contributed by atoms with Crippen LogP contribution in [-0.2, 0) is 0 Å². The van der Waals surface area contributed by atoms with E-state index in [1.165, 1.54) is 77.5 Å². The monoisotopic (exact) mass is 280 g/mol. The van der Waals surface area contributed by atoms with E-state index in [1.807, 2.05) is 0 Å². The van der Waals surface area contributed by atoms with E-state index < -0.39 is 0 Å². The van der Waals surface area contributed by atoms with Crippen molar-refractivity contribution >= 4 is 0 Å². The van der Waals surface area contributed by atoms with E-state index in [1.54, 1.807) is 0 Å². The van der Waals surface area contributed by atoms with Crippen LogP contribution in [0, 0.1) is 17.8 Å². The Labute approximate surface area is 126 Å². The second kappa shape index (κ2) is 8.38. The Hall–Kier alpha value is -0.0800. The van der Waals surface area contributed by atoms with Crippen LogP contribution in [-0.4, -0.2) is 50.1 Å². The average molecular weight is 281 g/mol. The van der Waals surface area contributed by atoms with Crippen molar-refractivity contribution in [3.8, 4) is 0 Å². The van der Waals surface area contributed by atoms with Crippen LogP contribution < -0.4 is 0 Å². The Bertz CT molecular complexity index is 258. The van der Waals surface area contributed by atoms with Gasteiger partial charge in [-0.3, -0.25) is 0 Å². The first-order chi connectivity index (χ1) is 9.69. The summed E-state index contributed by atoms with van der Waals surface area (Å²) >= 11 is 0. The van der Waals surface area contributed by atoms with Crippen molar-refractivity contribution in [1.29, 1.82) is 0 Å². The summed E-state index contributed by atoms with van der Waals surface area (Å²) in [4.78, 5) is 5.03. The largest absolute Gasteiger partial charge is 0.306 e. The SMILES string of the molecule is CCC(CCCC1CCCN(C)C1)C1CCN(C)CC1. The van der Waals surface area contributed by atoms with Crippen LogP contribution in [0.1, 0.15) is 58.3 Å². The molecule has 0 spiro atoms. The van der Waals surface area contributed by atoms with Gasteiger partial charge in [-0.1, -0.05) is 26.2 Å². The van der Waals surface area contributed by atoms with Crippen molar-refractivity contribution in [3.05, 3.63) is 0 Å². The highest BCUT2D eigenvalue weighted by Crippen LogP contribution is 2.31. The molecule has 0 aromatic heterocycles. The standard InChI is InChI=1S/C18H36N2/c1-4-17(18-10-13-19(2)14-11-18)9-5-7-16-8-6-12-20(3)15-16/h16-18H,4-15H2,1-3H3. The van der Waals surface area contributed by atoms with Gasteiger partial charge in [-0.15, -0.1) is 0 Å². The Morgan fingerprint density at radius 3 is 2.40 bits per heavy atom. The fraction of sp³-hybridized carbons (Fsp3) is 1.00. The van der Waals surface area contributed by atoms with Crippen LogP contribution in [0.15, 0.2) is 0 Å². The molecule has 0 amide bonds. The Balaban J connectivity index is 1.65. The molecule has 0 aromatic carbocycles. The van der Waals surface area contributed by atoms with Gasteiger partial charge in [-0.2, -0.15) is 0 Å². The van der Waals surface area contributed by atoms with Gasteiger partial charge in [-0.05, 0) is 83.6 Å². The highest BCUT2D eigenvalue weighted by atomic mass is 15.1. The van der Waals surface area contributed by atoms with Crippen LogP contribution in [0.25, 0.3) is 0 Å². The topological polar surface area (TPSA) is 6.48 Å². The van der Waals surface area contributed by atoms with Gasteiger partial charge in [0.05, 0.1) is 0 Å². The number of hydrogen-bond donors (Lipinski definition) is 0. The molecule has 2 aliphatic heterocycles. The van der Waals surface area contributed by atoms with Crippen LogP contribution in [0.5, 0.6) is 0 Å². The van der Waals surface area contributed by atoms with E-state index in [0.29, 0.717) is 0 Å². The maximum atomic E-state index is 2.53. The molecule has 2 unspecified atom stereocenters. The van der Waals surface area contributed by atoms with Crippen LogP contribution in [0.4, 0.5) is 0 Å². The van der Waals surface area contributed by atoms with Gasteiger partial charge in [-0.25, -0.2) is 0 Å². The molecule has 0 aliphatic carbocycles. The molecule has 2 heteroatoms. The normalized spacial score (nSPS) is 28.6. The number of nitrogens with zero attached hydrogens (tertiary/aromatic N) is 2. The van der Waals surface area contributed by atoms with Gasteiger partial charge < -0.3 is 9.80 Å². The predicted molar refractivity (Wildman–Crippen MR) is 88.1 cm³/mol. The first kappa shape index (κ1) is 16.3. The third-order valence-corrected chi connectivity index (χ3v) is 5.86. The third-order valence-electron chi connectivity index (χ3n) is 5.86. The summed E-state index contributed by atoms with van der Waals surface area (Å²) < 4.78 is 0. The lowest BCUT2D eigenvalue weighted by atomic mass is 9.79. The number of hydrogen-bond acceptors (Lipinski definition) is 2. The van der Waals surface area contributed by atoms with Crippen molar-refractivity contribution in [2.75, 3.05) is 40.3 Å². The van der Waals surface area contributed by atoms with Crippen molar-refractivity contribution in [2.24, 2.45) is 17.8 Å². The van der Waals surface area contributed by atoms with Gasteiger partial charge >= 0.3 is 0 Å². The maximum Gasteiger partial charge on any atom is 0.000661 e. The molecule has 2 aliphatic rings. The number of piperidine rings is 2. The Kier molecular flexibility index (Phi) is 6.83. The second-order valence-electron chi connectivity index (χ2n) is 7.51. The first-order valence-electron chi connectivity index (χ1n) is 9.06. The Morgan fingerprint density at radius 1 is 1.00 bits per heavy atom. The van der Waals surface area contributed by atoms with Crippen molar-refractivity contribution in [3.63, 3.8) is 0 Å². The molecule has 2 rings (SSSR count). The van der Waals surface area contributed by atoms with E-state index in [4.69, 9.17) is 0 Å². The quantitative estimate of drug-likeness (QED) is 0.729. The summed E-state index contributed by atoms with van der Waals surface area (Å²) in [5, 5.41) is 0. The number of rotatable bonds is 6. The van der Waals surface area contributed by atoms with E-state index in [9.17, 15) is 0 Å². The third kappa shape index (κ3) is 5.04. The van der Waals surface area contributed by atoms with E-state index in [0.717, 1.165) is 17.8 Å². The lowest BCUT2D eigenvalue weighted by molar-refractivity contribution is 0.154. The van der Waals surface area contributed by atoms with E-state index >= 15 is 0 Å². The molecule has 0 bridgehead atoms. The summed E-state index contributed by atoms with van der Waals surface area (Å²) in [5.74, 6) is 3.01. The summed E-state index contributed by atoms with van der Waals surface area (Å²) in [7, 11) is 4.57. The van der Waals surface area contributed by atoms with Gasteiger partial charge in [0.1, 0.15) is 0 Å². The van der Waals surface area contributed by atoms with Gasteiger partial charge in [0.25, 0.3) is 0 Å². The molecule has 2 heterocycles. The van der Waals surface area contributed by atoms with Crippen LogP contribution in [0.3, 0.4) is 0 Å². The summed E-state index contributed by atoms with van der Waals surface area (Å²) in [5.41, 5.74) is 0. The van der Waals surface area contributed by atoms with Crippen molar-refractivity contribution in [2.45, 2.75) is 58.3 Å². The minimum atomic E-state index is 0.990. The molecule has 2 fully saturated rings. The van der Waals surface area contributed by atoms with E-state index in [-0.39, 0.29) is 0 Å². The van der Waals surface area contributed by atoms with E-state index in [2.05, 4.69) is 30.8 Å². The molecule has 0 saturated carbocycles. The number of likely N-dealkylation sites (tertiary alicyclic amines) is 2. The first-order valence-corrected chi connectivity index (χ1v) is 9.06. The van der Waals surface area contributed by atoms with Gasteiger partial charge in [0, 0.05) is 6.54 Å². The highest BCUT2D eigenvalue weighted by Gasteiger charge is 2.24. The summed E-state index contributed by atoms with van der Waals surface area (Å²) in [6.45, 7) is 7.75. The smallest absolute Gasteiger partial charge is 0.000661 e. The van der Waals surface area contributed by atoms with Gasteiger partial charge in [0.2, 0.25) is 0 Å². The summed E-state index contributed by atoms with van der Waals surface area (Å²) in [6, 6.07) is 0. The zero-order valence-electron chi connectivity index (χ0n) is 14.1. The van der Waals surface area contributed by atoms with Crippen molar-refractivity contribution < 1.29 is 0 Å². The lowest BCUT2D eigenvalue weighted by Crippen LogP contribution is -2.33. The minimum Gasteiger partial charge on any atom is -0.306 e. The highest BCUT2D eigenvalue weighted by molar-refractivity contribution is 4.77. The van der Waals surface area contributed by atoms with Gasteiger partial charge in [0.15, 0.2) is 0 Å². The minimum absolute atomic E-state index is 0.990. The summed E-state index contributed by atoms with van der Waals surface area (Å²) in [6.07, 6.45) is 11.6. The fourth-order valence-electron chi connectivity index (χ4n) is 4.45. The van der Waals surface area contributed by atoms with Crippen LogP contribution in [0.2, 0.25) is 0 Å². The molecule has 0 aromatic rings. The molecule has 20 heavy (non-hydrogen) atoms. The average Bonchev–Trinajstić information content (AvgIpc) is 2.45. The molecule has 0 radical (unpaired) electrons. The predicted octanol–water partition coefficient (Wildman–Crippen LogP) is 3.87. The molecule has 2 atom stereocenters. The van der Waals surface area contributed by atoms with Crippen molar-refractivity contribution in [1.82, 2.24) is 9.80 Å². The zero-order valence-corrected chi connectivity index (χ0v) is 14.1. The molecular formula is C18H36N2. The lowest BCUT2D eigenvalue weighted by Gasteiger charge is -2.34. The zero-order chi connectivity index (χ0) is 14.4. The van der Waals surface area contributed by atoms with Crippen LogP contribution >= 0.6 is 0 Å². The molecule has 0 N–H and O–H groups in total. The second-order valence-corrected chi connectivity index (χ2v) is 7.51. The molecule has 2 saturated heterocycles. The maximum absolute atomic E-state index is 2.53.